The minimum absolute atomic E-state index is 0.576. The molecule has 0 saturated carbocycles. The van der Waals surface area contributed by atoms with E-state index < -0.39 is 0 Å². The third-order valence-corrected chi connectivity index (χ3v) is 2.71. The van der Waals surface area contributed by atoms with Gasteiger partial charge in [0.05, 0.1) is 0 Å². The van der Waals surface area contributed by atoms with Crippen molar-refractivity contribution in [2.75, 3.05) is 0 Å². The fourth-order valence-electron chi connectivity index (χ4n) is 0.785. The highest BCUT2D eigenvalue weighted by Gasteiger charge is 2.10. The minimum Gasteiger partial charge on any atom is -0.236 e. The largest absolute Gasteiger partial charge is 0.236 e. The second-order valence-corrected chi connectivity index (χ2v) is 3.70. The molecule has 1 nitrogen and oxygen atoms in total. The molecule has 0 saturated heterocycles. The molecular weight excluding hydrogens is 150 g/mol. The predicted octanol–water partition coefficient (Wildman–Crippen LogP) is 2.60. The maximum atomic E-state index is 4.14. The molecule has 0 bridgehead atoms. The molecule has 0 aromatic heterocycles. The van der Waals surface area contributed by atoms with Crippen LogP contribution in [-0.4, -0.2) is 16.4 Å². The van der Waals surface area contributed by atoms with Crippen LogP contribution in [0.25, 0.3) is 0 Å². The average molecular weight is 165 g/mol. The molecular formula is C6H15NS2. The Balaban J connectivity index is 3.68. The molecule has 0 unspecified atom stereocenters. The summed E-state index contributed by atoms with van der Waals surface area (Å²) in [4.78, 5) is 0. The summed E-state index contributed by atoms with van der Waals surface area (Å²) in [5.41, 5.74) is 0. The molecule has 0 aliphatic rings. The van der Waals surface area contributed by atoms with E-state index in [-0.39, 0.29) is 0 Å². The van der Waals surface area contributed by atoms with Crippen LogP contribution in [0.4, 0.5) is 0 Å². The Bertz CT molecular complexity index is 65.5. The Morgan fingerprint density at radius 1 is 1.11 bits per heavy atom. The molecule has 0 rings (SSSR count). The highest BCUT2D eigenvalue weighted by atomic mass is 33.1. The lowest BCUT2D eigenvalue weighted by Gasteiger charge is -2.26. The third-order valence-electron chi connectivity index (χ3n) is 1.11. The molecule has 0 aromatic carbocycles. The lowest BCUT2D eigenvalue weighted by atomic mass is 10.3. The molecule has 0 aliphatic carbocycles. The van der Waals surface area contributed by atoms with E-state index in [0.29, 0.717) is 12.1 Å². The summed E-state index contributed by atoms with van der Waals surface area (Å²) in [6.07, 6.45) is 0. The van der Waals surface area contributed by atoms with Crippen LogP contribution in [0.15, 0.2) is 0 Å². The fraction of sp³-hybridized carbons (Fsp3) is 1.00. The molecule has 0 spiro atoms. The number of nitrogens with zero attached hydrogens (tertiary/aromatic N) is 1. The summed E-state index contributed by atoms with van der Waals surface area (Å²) >= 11 is 4.14. The van der Waals surface area contributed by atoms with Gasteiger partial charge in [0.2, 0.25) is 0 Å². The maximum absolute atomic E-state index is 4.14. The first kappa shape index (κ1) is 9.66. The van der Waals surface area contributed by atoms with Crippen molar-refractivity contribution >= 4 is 22.6 Å². The predicted molar refractivity (Wildman–Crippen MR) is 48.7 cm³/mol. The summed E-state index contributed by atoms with van der Waals surface area (Å²) in [7, 11) is 1.51. The maximum Gasteiger partial charge on any atom is 0.0156 e. The number of thiol groups is 1. The number of rotatable bonds is 3. The van der Waals surface area contributed by atoms with Crippen molar-refractivity contribution < 1.29 is 0 Å². The normalized spacial score (nSPS) is 12.0. The summed E-state index contributed by atoms with van der Waals surface area (Å²) in [6.45, 7) is 8.68. The highest BCUT2D eigenvalue weighted by Crippen LogP contribution is 2.20. The molecule has 0 N–H and O–H groups in total. The lowest BCUT2D eigenvalue weighted by molar-refractivity contribution is 0.339. The highest BCUT2D eigenvalue weighted by molar-refractivity contribution is 8.67. The van der Waals surface area contributed by atoms with E-state index in [1.807, 2.05) is 0 Å². The van der Waals surface area contributed by atoms with Gasteiger partial charge in [0, 0.05) is 12.1 Å². The summed E-state index contributed by atoms with van der Waals surface area (Å²) < 4.78 is 2.24. The van der Waals surface area contributed by atoms with Crippen LogP contribution in [0.5, 0.6) is 0 Å². The molecule has 56 valence electrons. The van der Waals surface area contributed by atoms with E-state index >= 15 is 0 Å². The zero-order valence-electron chi connectivity index (χ0n) is 6.46. The molecule has 0 amide bonds. The van der Waals surface area contributed by atoms with Gasteiger partial charge in [-0.15, -0.1) is 0 Å². The van der Waals surface area contributed by atoms with E-state index in [1.165, 1.54) is 11.0 Å². The van der Waals surface area contributed by atoms with E-state index in [9.17, 15) is 0 Å². The smallest absolute Gasteiger partial charge is 0.0156 e. The Morgan fingerprint density at radius 2 is 1.44 bits per heavy atom. The second kappa shape index (κ2) is 4.47. The van der Waals surface area contributed by atoms with Gasteiger partial charge in [-0.1, -0.05) is 11.7 Å². The summed E-state index contributed by atoms with van der Waals surface area (Å²) in [5.74, 6) is 0. The van der Waals surface area contributed by atoms with Crippen molar-refractivity contribution in [3.8, 4) is 0 Å². The second-order valence-electron chi connectivity index (χ2n) is 2.63. The first-order valence-electron chi connectivity index (χ1n) is 3.19. The van der Waals surface area contributed by atoms with Gasteiger partial charge < -0.3 is 0 Å². The monoisotopic (exact) mass is 165 g/mol. The van der Waals surface area contributed by atoms with Crippen LogP contribution < -0.4 is 0 Å². The van der Waals surface area contributed by atoms with Crippen molar-refractivity contribution in [3.63, 3.8) is 0 Å². The first-order valence-corrected chi connectivity index (χ1v) is 5.02. The Kier molecular flexibility index (Phi) is 4.80. The molecule has 3 heteroatoms. The summed E-state index contributed by atoms with van der Waals surface area (Å²) in [5, 5.41) is 0. The Labute approximate surface area is 67.1 Å². The molecule has 9 heavy (non-hydrogen) atoms. The summed E-state index contributed by atoms with van der Waals surface area (Å²) in [6, 6.07) is 1.15. The average Bonchev–Trinajstić information content (AvgIpc) is 1.64. The molecule has 0 atom stereocenters. The molecule has 0 aliphatic heterocycles. The van der Waals surface area contributed by atoms with Crippen LogP contribution >= 0.6 is 22.6 Å². The Hall–Kier alpha value is 0.660. The van der Waals surface area contributed by atoms with Gasteiger partial charge >= 0.3 is 0 Å². The fourth-order valence-corrected chi connectivity index (χ4v) is 2.29. The van der Waals surface area contributed by atoms with E-state index in [4.69, 9.17) is 0 Å². The van der Waals surface area contributed by atoms with E-state index in [0.717, 1.165) is 0 Å². The molecule has 0 heterocycles. The van der Waals surface area contributed by atoms with E-state index in [1.54, 1.807) is 0 Å². The standard InChI is InChI=1S/C6H15NS2/c1-5(2)7(9-8)6(3)4/h5-6,8H,1-4H3. The van der Waals surface area contributed by atoms with Gasteiger partial charge in [0.25, 0.3) is 0 Å². The van der Waals surface area contributed by atoms with Gasteiger partial charge in [-0.3, -0.25) is 0 Å². The first-order chi connectivity index (χ1) is 4.09. The minimum atomic E-state index is 0.576. The molecule has 0 fully saturated rings. The van der Waals surface area contributed by atoms with Gasteiger partial charge in [0.1, 0.15) is 0 Å². The van der Waals surface area contributed by atoms with Gasteiger partial charge in [0.15, 0.2) is 0 Å². The van der Waals surface area contributed by atoms with Crippen LogP contribution in [-0.2, 0) is 0 Å². The molecule has 0 aromatic rings. The SMILES string of the molecule is CC(C)N(SS)C(C)C. The van der Waals surface area contributed by atoms with Gasteiger partial charge in [-0.2, -0.15) is 0 Å². The Morgan fingerprint density at radius 3 is 1.44 bits per heavy atom. The molecule has 0 radical (unpaired) electrons. The van der Waals surface area contributed by atoms with Crippen LogP contribution in [0.1, 0.15) is 27.7 Å². The zero-order chi connectivity index (χ0) is 7.44. The third kappa shape index (κ3) is 3.38. The van der Waals surface area contributed by atoms with Crippen molar-refractivity contribution in [1.29, 1.82) is 0 Å². The number of hydrogen-bond acceptors (Lipinski definition) is 3. The lowest BCUT2D eigenvalue weighted by Crippen LogP contribution is -2.29. The van der Waals surface area contributed by atoms with Crippen molar-refractivity contribution in [2.24, 2.45) is 0 Å². The quantitative estimate of drug-likeness (QED) is 0.389. The van der Waals surface area contributed by atoms with Crippen molar-refractivity contribution in [3.05, 3.63) is 0 Å². The van der Waals surface area contributed by atoms with Crippen molar-refractivity contribution in [2.45, 2.75) is 39.8 Å². The number of hydrogen-bond donors (Lipinski definition) is 1. The van der Waals surface area contributed by atoms with Gasteiger partial charge in [-0.25, -0.2) is 4.31 Å². The topological polar surface area (TPSA) is 3.24 Å². The van der Waals surface area contributed by atoms with Crippen LogP contribution in [0, 0.1) is 0 Å². The van der Waals surface area contributed by atoms with Gasteiger partial charge in [-0.05, 0) is 38.7 Å². The van der Waals surface area contributed by atoms with Crippen LogP contribution in [0.2, 0.25) is 0 Å². The van der Waals surface area contributed by atoms with Crippen LogP contribution in [0.3, 0.4) is 0 Å². The van der Waals surface area contributed by atoms with Crippen molar-refractivity contribution in [1.82, 2.24) is 4.31 Å². The zero-order valence-corrected chi connectivity index (χ0v) is 8.17. The van der Waals surface area contributed by atoms with E-state index in [2.05, 4.69) is 43.7 Å².